The lowest BCUT2D eigenvalue weighted by Crippen LogP contribution is -2.35. The van der Waals surface area contributed by atoms with Crippen molar-refractivity contribution in [2.45, 2.75) is 19.8 Å². The molecule has 2 aliphatic heterocycles. The molecule has 2 heterocycles. The molecule has 0 bridgehead atoms. The first kappa shape index (κ1) is 14.2. The van der Waals surface area contributed by atoms with Crippen molar-refractivity contribution in [3.63, 3.8) is 0 Å². The quantitative estimate of drug-likeness (QED) is 0.810. The van der Waals surface area contributed by atoms with Gasteiger partial charge in [0.1, 0.15) is 5.75 Å². The molecule has 5 heteroatoms. The molecule has 1 fully saturated rings. The average molecular weight is 302 g/mol. The molecule has 0 radical (unpaired) electrons. The molecular formula is C16H18N2O2S. The number of phenolic OH excluding ortho intramolecular Hbond substituents is 1. The fourth-order valence-electron chi connectivity index (χ4n) is 2.48. The molecule has 1 saturated heterocycles. The lowest BCUT2D eigenvalue weighted by atomic mass is 10.00. The first-order chi connectivity index (χ1) is 10.1. The van der Waals surface area contributed by atoms with E-state index in [1.165, 1.54) is 11.8 Å². The maximum atomic E-state index is 12.0. The van der Waals surface area contributed by atoms with E-state index >= 15 is 0 Å². The Bertz CT molecular complexity index is 616. The van der Waals surface area contributed by atoms with Crippen molar-refractivity contribution in [3.05, 3.63) is 34.7 Å². The zero-order chi connectivity index (χ0) is 14.8. The molecule has 0 aliphatic carbocycles. The van der Waals surface area contributed by atoms with Crippen LogP contribution in [0, 0.1) is 5.92 Å². The molecule has 4 nitrogen and oxygen atoms in total. The van der Waals surface area contributed by atoms with Crippen LogP contribution in [0.3, 0.4) is 0 Å². The summed E-state index contributed by atoms with van der Waals surface area (Å²) in [4.78, 5) is 18.9. The number of aliphatic imine (C=N–C) groups is 1. The fraction of sp³-hybridized carbons (Fsp3) is 0.375. The van der Waals surface area contributed by atoms with Crippen LogP contribution in [0.15, 0.2) is 34.2 Å². The van der Waals surface area contributed by atoms with Crippen molar-refractivity contribution >= 4 is 28.9 Å². The smallest absolute Gasteiger partial charge is 0.286 e. The van der Waals surface area contributed by atoms with Crippen molar-refractivity contribution in [1.29, 1.82) is 0 Å². The van der Waals surface area contributed by atoms with E-state index in [-0.39, 0.29) is 11.7 Å². The highest BCUT2D eigenvalue weighted by molar-refractivity contribution is 8.18. The van der Waals surface area contributed by atoms with Gasteiger partial charge in [0.15, 0.2) is 5.17 Å². The largest absolute Gasteiger partial charge is 0.507 e. The number of piperidine rings is 1. The van der Waals surface area contributed by atoms with Gasteiger partial charge in [-0.3, -0.25) is 4.79 Å². The van der Waals surface area contributed by atoms with Gasteiger partial charge in [-0.25, -0.2) is 0 Å². The monoisotopic (exact) mass is 302 g/mol. The number of aromatic hydroxyl groups is 1. The van der Waals surface area contributed by atoms with E-state index in [1.54, 1.807) is 24.3 Å². The lowest BCUT2D eigenvalue weighted by molar-refractivity contribution is -0.113. The minimum absolute atomic E-state index is 0.179. The second-order valence-corrected chi connectivity index (χ2v) is 6.55. The molecule has 0 spiro atoms. The molecule has 1 aromatic carbocycles. The summed E-state index contributed by atoms with van der Waals surface area (Å²) >= 11 is 1.41. The Morgan fingerprint density at radius 2 is 2.05 bits per heavy atom. The minimum Gasteiger partial charge on any atom is -0.507 e. The number of hydrogen-bond acceptors (Lipinski definition) is 4. The van der Waals surface area contributed by atoms with Gasteiger partial charge in [-0.05, 0) is 42.7 Å². The van der Waals surface area contributed by atoms with Crippen LogP contribution in [-0.4, -0.2) is 34.2 Å². The second kappa shape index (κ2) is 5.93. The molecule has 1 aromatic rings. The van der Waals surface area contributed by atoms with E-state index in [1.807, 2.05) is 6.07 Å². The summed E-state index contributed by atoms with van der Waals surface area (Å²) in [6.45, 7) is 4.18. The summed E-state index contributed by atoms with van der Waals surface area (Å²) < 4.78 is 0. The molecule has 0 saturated carbocycles. The van der Waals surface area contributed by atoms with Gasteiger partial charge in [0.25, 0.3) is 5.91 Å². The maximum Gasteiger partial charge on any atom is 0.286 e. The number of benzene rings is 1. The Morgan fingerprint density at radius 3 is 2.76 bits per heavy atom. The molecule has 0 atom stereocenters. The Morgan fingerprint density at radius 1 is 1.33 bits per heavy atom. The van der Waals surface area contributed by atoms with E-state index in [4.69, 9.17) is 0 Å². The summed E-state index contributed by atoms with van der Waals surface area (Å²) in [6.07, 6.45) is 4.00. The van der Waals surface area contributed by atoms with Crippen LogP contribution in [0.25, 0.3) is 6.08 Å². The van der Waals surface area contributed by atoms with Crippen LogP contribution in [0.4, 0.5) is 0 Å². The van der Waals surface area contributed by atoms with Gasteiger partial charge in [0.05, 0.1) is 4.91 Å². The van der Waals surface area contributed by atoms with Gasteiger partial charge in [-0.1, -0.05) is 25.1 Å². The Balaban J connectivity index is 1.74. The van der Waals surface area contributed by atoms with Crippen LogP contribution >= 0.6 is 11.8 Å². The normalized spacial score (nSPS) is 22.0. The topological polar surface area (TPSA) is 52.9 Å². The van der Waals surface area contributed by atoms with E-state index in [2.05, 4.69) is 16.8 Å². The highest BCUT2D eigenvalue weighted by Crippen LogP contribution is 2.33. The summed E-state index contributed by atoms with van der Waals surface area (Å²) in [5.74, 6) is 0.718. The summed E-state index contributed by atoms with van der Waals surface area (Å²) in [6, 6.07) is 7.00. The number of amides is 1. The van der Waals surface area contributed by atoms with Crippen molar-refractivity contribution in [2.24, 2.45) is 10.9 Å². The number of amidine groups is 1. The van der Waals surface area contributed by atoms with Crippen LogP contribution in [0.5, 0.6) is 5.75 Å². The number of rotatable bonds is 1. The summed E-state index contributed by atoms with van der Waals surface area (Å²) in [5.41, 5.74) is 0.650. The number of likely N-dealkylation sites (tertiary alicyclic amines) is 1. The van der Waals surface area contributed by atoms with Crippen molar-refractivity contribution in [1.82, 2.24) is 4.90 Å². The van der Waals surface area contributed by atoms with Crippen molar-refractivity contribution < 1.29 is 9.90 Å². The summed E-state index contributed by atoms with van der Waals surface area (Å²) in [5, 5.41) is 10.6. The first-order valence-corrected chi connectivity index (χ1v) is 8.00. The first-order valence-electron chi connectivity index (χ1n) is 7.19. The van der Waals surface area contributed by atoms with E-state index in [9.17, 15) is 9.90 Å². The number of carbonyl (C=O) groups is 1. The Hall–Kier alpha value is -1.75. The third kappa shape index (κ3) is 3.13. The van der Waals surface area contributed by atoms with Gasteiger partial charge in [0, 0.05) is 18.7 Å². The number of para-hydroxylation sites is 1. The Labute approximate surface area is 128 Å². The number of phenols is 1. The maximum absolute atomic E-state index is 12.0. The van der Waals surface area contributed by atoms with E-state index < -0.39 is 0 Å². The van der Waals surface area contributed by atoms with E-state index in [0.29, 0.717) is 10.5 Å². The molecule has 110 valence electrons. The zero-order valence-corrected chi connectivity index (χ0v) is 12.8. The molecule has 0 aromatic heterocycles. The minimum atomic E-state index is -0.211. The molecule has 3 rings (SSSR count). The van der Waals surface area contributed by atoms with Crippen LogP contribution < -0.4 is 0 Å². The van der Waals surface area contributed by atoms with Crippen LogP contribution in [0.1, 0.15) is 25.3 Å². The van der Waals surface area contributed by atoms with Gasteiger partial charge in [-0.2, -0.15) is 4.99 Å². The highest BCUT2D eigenvalue weighted by atomic mass is 32.2. The highest BCUT2D eigenvalue weighted by Gasteiger charge is 2.28. The number of carbonyl (C=O) groups excluding carboxylic acids is 1. The predicted molar refractivity (Wildman–Crippen MR) is 86.1 cm³/mol. The molecular weight excluding hydrogens is 284 g/mol. The molecule has 0 unspecified atom stereocenters. The van der Waals surface area contributed by atoms with Gasteiger partial charge >= 0.3 is 0 Å². The predicted octanol–water partition coefficient (Wildman–Crippen LogP) is 3.09. The SMILES string of the molecule is CC1CCN(C2=NC(=O)/C(=C/c3ccccc3O)S2)CC1. The molecule has 1 amide bonds. The molecule has 1 N–H and O–H groups in total. The Kier molecular flexibility index (Phi) is 4.01. The van der Waals surface area contributed by atoms with Gasteiger partial charge in [-0.15, -0.1) is 0 Å². The second-order valence-electron chi connectivity index (χ2n) is 5.54. The number of thioether (sulfide) groups is 1. The standard InChI is InChI=1S/C16H18N2O2S/c1-11-6-8-18(9-7-11)16-17-15(20)14(21-16)10-12-4-2-3-5-13(12)19/h2-5,10-11,19H,6-9H2,1H3/b14-10-. The van der Waals surface area contributed by atoms with Crippen molar-refractivity contribution in [2.75, 3.05) is 13.1 Å². The fourth-order valence-corrected chi connectivity index (χ4v) is 3.44. The van der Waals surface area contributed by atoms with Crippen LogP contribution in [-0.2, 0) is 4.79 Å². The average Bonchev–Trinajstić information content (AvgIpc) is 2.83. The number of hydrogen-bond donors (Lipinski definition) is 1. The van der Waals surface area contributed by atoms with Crippen molar-refractivity contribution in [3.8, 4) is 5.75 Å². The van der Waals surface area contributed by atoms with E-state index in [0.717, 1.165) is 37.0 Å². The zero-order valence-electron chi connectivity index (χ0n) is 12.0. The number of nitrogens with zero attached hydrogens (tertiary/aromatic N) is 2. The lowest BCUT2D eigenvalue weighted by Gasteiger charge is -2.30. The molecule has 2 aliphatic rings. The third-order valence-corrected chi connectivity index (χ3v) is 4.93. The van der Waals surface area contributed by atoms with Gasteiger partial charge < -0.3 is 10.0 Å². The van der Waals surface area contributed by atoms with Gasteiger partial charge in [0.2, 0.25) is 0 Å². The molecule has 21 heavy (non-hydrogen) atoms. The summed E-state index contributed by atoms with van der Waals surface area (Å²) in [7, 11) is 0. The third-order valence-electron chi connectivity index (χ3n) is 3.89. The van der Waals surface area contributed by atoms with Crippen LogP contribution in [0.2, 0.25) is 0 Å².